The topological polar surface area (TPSA) is 33.1 Å². The fraction of sp³-hybridized carbons (Fsp3) is 0.250. The number of hydrogen-bond donors (Lipinski definition) is 1. The Morgan fingerprint density at radius 3 is 2.88 bits per heavy atom. The molecule has 1 atom stereocenters. The average Bonchev–Trinajstić information content (AvgIpc) is 2.63. The summed E-state index contributed by atoms with van der Waals surface area (Å²) in [7, 11) is 0. The highest BCUT2D eigenvalue weighted by atomic mass is 35.5. The van der Waals surface area contributed by atoms with Crippen molar-refractivity contribution in [3.8, 4) is 0 Å². The van der Waals surface area contributed by atoms with Crippen molar-refractivity contribution in [1.82, 2.24) is 4.98 Å². The molecule has 1 N–H and O–H groups in total. The van der Waals surface area contributed by atoms with E-state index in [1.54, 1.807) is 6.07 Å². The number of benzene rings is 1. The molecule has 0 radical (unpaired) electrons. The van der Waals surface area contributed by atoms with Gasteiger partial charge in [0, 0.05) is 22.4 Å². The second kappa shape index (κ2) is 5.12. The number of thiazole rings is 1. The van der Waals surface area contributed by atoms with Crippen LogP contribution >= 0.6 is 22.9 Å². The van der Waals surface area contributed by atoms with Crippen LogP contribution in [0.15, 0.2) is 23.6 Å². The molecule has 0 aliphatic carbocycles. The van der Waals surface area contributed by atoms with E-state index in [-0.39, 0.29) is 17.0 Å². The Morgan fingerprint density at radius 1 is 1.53 bits per heavy atom. The minimum Gasteiger partial charge on any atom is -0.388 e. The number of halogens is 2. The Morgan fingerprint density at radius 2 is 2.29 bits per heavy atom. The monoisotopic (exact) mass is 271 g/mol. The summed E-state index contributed by atoms with van der Waals surface area (Å²) in [6.07, 6.45) is -0.699. The molecule has 90 valence electrons. The first-order valence-electron chi connectivity index (χ1n) is 5.11. The van der Waals surface area contributed by atoms with Gasteiger partial charge in [-0.2, -0.15) is 0 Å². The van der Waals surface area contributed by atoms with Gasteiger partial charge in [-0.05, 0) is 19.1 Å². The zero-order chi connectivity index (χ0) is 12.4. The number of rotatable bonds is 3. The fourth-order valence-corrected chi connectivity index (χ4v) is 2.55. The van der Waals surface area contributed by atoms with Crippen LogP contribution in [0.25, 0.3) is 0 Å². The molecule has 0 saturated heterocycles. The van der Waals surface area contributed by atoms with E-state index in [1.807, 2.05) is 12.3 Å². The molecule has 0 amide bonds. The van der Waals surface area contributed by atoms with Crippen molar-refractivity contribution in [2.75, 3.05) is 0 Å². The molecule has 2 rings (SSSR count). The van der Waals surface area contributed by atoms with E-state index in [2.05, 4.69) is 4.98 Å². The number of aryl methyl sites for hydroxylation is 1. The van der Waals surface area contributed by atoms with Gasteiger partial charge in [-0.25, -0.2) is 9.37 Å². The first-order chi connectivity index (χ1) is 8.08. The number of nitrogens with zero attached hydrogens (tertiary/aromatic N) is 1. The van der Waals surface area contributed by atoms with Crippen molar-refractivity contribution in [3.05, 3.63) is 50.7 Å². The molecule has 1 aromatic heterocycles. The normalized spacial score (nSPS) is 12.7. The van der Waals surface area contributed by atoms with Crippen LogP contribution in [0.5, 0.6) is 0 Å². The van der Waals surface area contributed by atoms with Crippen LogP contribution in [0.2, 0.25) is 5.02 Å². The molecule has 17 heavy (non-hydrogen) atoms. The largest absolute Gasteiger partial charge is 0.388 e. The lowest BCUT2D eigenvalue weighted by Gasteiger charge is -2.12. The summed E-state index contributed by atoms with van der Waals surface area (Å²) in [4.78, 5) is 4.23. The molecule has 1 aromatic carbocycles. The van der Waals surface area contributed by atoms with Gasteiger partial charge in [-0.15, -0.1) is 11.3 Å². The minimum atomic E-state index is -0.967. The molecule has 0 aliphatic heterocycles. The average molecular weight is 272 g/mol. The lowest BCUT2D eigenvalue weighted by atomic mass is 10.0. The fourth-order valence-electron chi connectivity index (χ4n) is 1.63. The van der Waals surface area contributed by atoms with Crippen molar-refractivity contribution < 1.29 is 9.50 Å². The van der Waals surface area contributed by atoms with Crippen LogP contribution < -0.4 is 0 Å². The highest BCUT2D eigenvalue weighted by Crippen LogP contribution is 2.28. The second-order valence-corrected chi connectivity index (χ2v) is 5.18. The van der Waals surface area contributed by atoms with Crippen LogP contribution in [0.1, 0.15) is 22.4 Å². The van der Waals surface area contributed by atoms with Crippen molar-refractivity contribution in [1.29, 1.82) is 0 Å². The summed E-state index contributed by atoms with van der Waals surface area (Å²) in [5.74, 6) is -0.489. The van der Waals surface area contributed by atoms with Crippen LogP contribution in [0, 0.1) is 12.7 Å². The van der Waals surface area contributed by atoms with Gasteiger partial charge in [0.25, 0.3) is 0 Å². The molecule has 1 unspecified atom stereocenters. The van der Waals surface area contributed by atoms with Gasteiger partial charge in [0.15, 0.2) is 0 Å². The first-order valence-corrected chi connectivity index (χ1v) is 6.36. The number of aromatic nitrogens is 1. The van der Waals surface area contributed by atoms with Crippen molar-refractivity contribution in [2.45, 2.75) is 19.4 Å². The summed E-state index contributed by atoms with van der Waals surface area (Å²) in [6, 6.07) is 4.37. The summed E-state index contributed by atoms with van der Waals surface area (Å²) in [5, 5.41) is 13.0. The van der Waals surface area contributed by atoms with Gasteiger partial charge in [-0.1, -0.05) is 17.7 Å². The SMILES string of the molecule is Cc1nc(CC(O)c2c(F)cccc2Cl)cs1. The molecule has 1 heterocycles. The Balaban J connectivity index is 2.22. The van der Waals surface area contributed by atoms with Crippen LogP contribution in [0.4, 0.5) is 4.39 Å². The molecule has 5 heteroatoms. The third kappa shape index (κ3) is 2.83. The Hall–Kier alpha value is -0.970. The summed E-state index contributed by atoms with van der Waals surface area (Å²) < 4.78 is 13.5. The molecule has 0 fully saturated rings. The third-order valence-corrected chi connectivity index (χ3v) is 3.55. The van der Waals surface area contributed by atoms with E-state index < -0.39 is 11.9 Å². The number of aliphatic hydroxyl groups is 1. The van der Waals surface area contributed by atoms with Crippen LogP contribution in [-0.2, 0) is 6.42 Å². The predicted octanol–water partition coefficient (Wildman–Crippen LogP) is 3.52. The summed E-state index contributed by atoms with van der Waals surface area (Å²) >= 11 is 7.38. The van der Waals surface area contributed by atoms with E-state index in [9.17, 15) is 9.50 Å². The van der Waals surface area contributed by atoms with Crippen molar-refractivity contribution in [3.63, 3.8) is 0 Å². The maximum Gasteiger partial charge on any atom is 0.130 e. The van der Waals surface area contributed by atoms with E-state index in [1.165, 1.54) is 23.5 Å². The van der Waals surface area contributed by atoms with Gasteiger partial charge < -0.3 is 5.11 Å². The maximum absolute atomic E-state index is 13.5. The van der Waals surface area contributed by atoms with E-state index in [0.717, 1.165) is 10.7 Å². The van der Waals surface area contributed by atoms with Crippen molar-refractivity contribution >= 4 is 22.9 Å². The molecule has 0 aliphatic rings. The minimum absolute atomic E-state index is 0.139. The Labute approximate surface area is 108 Å². The maximum atomic E-state index is 13.5. The summed E-state index contributed by atoms with van der Waals surface area (Å²) in [6.45, 7) is 1.89. The van der Waals surface area contributed by atoms with Crippen LogP contribution in [-0.4, -0.2) is 10.1 Å². The second-order valence-electron chi connectivity index (χ2n) is 3.71. The number of hydrogen-bond acceptors (Lipinski definition) is 3. The van der Waals surface area contributed by atoms with Crippen LogP contribution in [0.3, 0.4) is 0 Å². The Kier molecular flexibility index (Phi) is 3.76. The smallest absolute Gasteiger partial charge is 0.130 e. The standard InChI is InChI=1S/C12H11ClFNOS/c1-7-15-8(6-17-7)5-11(16)12-9(13)3-2-4-10(12)14/h2-4,6,11,16H,5H2,1H3. The predicted molar refractivity (Wildman–Crippen MR) is 66.9 cm³/mol. The molecule has 0 saturated carbocycles. The van der Waals surface area contributed by atoms with E-state index in [4.69, 9.17) is 11.6 Å². The van der Waals surface area contributed by atoms with Gasteiger partial charge in [0.1, 0.15) is 5.82 Å². The molecule has 2 aromatic rings. The number of aliphatic hydroxyl groups excluding tert-OH is 1. The molecule has 0 spiro atoms. The molecule has 2 nitrogen and oxygen atoms in total. The van der Waals surface area contributed by atoms with E-state index in [0.29, 0.717) is 0 Å². The lowest BCUT2D eigenvalue weighted by molar-refractivity contribution is 0.172. The highest BCUT2D eigenvalue weighted by molar-refractivity contribution is 7.09. The van der Waals surface area contributed by atoms with Gasteiger partial charge in [0.2, 0.25) is 0 Å². The zero-order valence-electron chi connectivity index (χ0n) is 9.15. The van der Waals surface area contributed by atoms with Crippen molar-refractivity contribution in [2.24, 2.45) is 0 Å². The molecule has 0 bridgehead atoms. The van der Waals surface area contributed by atoms with Gasteiger partial charge >= 0.3 is 0 Å². The molecular formula is C12H11ClFNOS. The summed E-state index contributed by atoms with van der Waals surface area (Å²) in [5.41, 5.74) is 0.888. The van der Waals surface area contributed by atoms with E-state index >= 15 is 0 Å². The lowest BCUT2D eigenvalue weighted by Crippen LogP contribution is -2.05. The van der Waals surface area contributed by atoms with Gasteiger partial charge in [0.05, 0.1) is 16.8 Å². The zero-order valence-corrected chi connectivity index (χ0v) is 10.7. The Bertz CT molecular complexity index is 509. The third-order valence-electron chi connectivity index (χ3n) is 2.40. The quantitative estimate of drug-likeness (QED) is 0.927. The molecular weight excluding hydrogens is 261 g/mol. The van der Waals surface area contributed by atoms with Gasteiger partial charge in [-0.3, -0.25) is 0 Å². The first kappa shape index (κ1) is 12.5. The highest BCUT2D eigenvalue weighted by Gasteiger charge is 2.17.